The number of aromatic amines is 2. The van der Waals surface area contributed by atoms with Crippen LogP contribution in [0.3, 0.4) is 0 Å². The third kappa shape index (κ3) is 2.71. The van der Waals surface area contributed by atoms with Crippen LogP contribution in [0.15, 0.2) is 49.5 Å². The SMILES string of the molecule is C=C/C=C\c1nc(-c2[nH]nc3ncc(-c4cnccc4C)cc23)[nH]c1C. The molecule has 0 fully saturated rings. The number of rotatable bonds is 4. The number of H-pyrrole nitrogens is 2. The molecule has 0 aliphatic heterocycles. The fraction of sp³-hybridized carbons (Fsp3) is 0.100. The van der Waals surface area contributed by atoms with E-state index in [1.807, 2.05) is 37.5 Å². The molecule has 26 heavy (non-hydrogen) atoms. The first kappa shape index (κ1) is 16.0. The van der Waals surface area contributed by atoms with Crippen LogP contribution in [0.5, 0.6) is 0 Å². The molecule has 0 unspecified atom stereocenters. The van der Waals surface area contributed by atoms with Crippen LogP contribution in [-0.4, -0.2) is 30.1 Å². The van der Waals surface area contributed by atoms with E-state index in [0.29, 0.717) is 5.65 Å². The molecule has 0 aliphatic rings. The van der Waals surface area contributed by atoms with Crippen LogP contribution < -0.4 is 0 Å². The normalized spacial score (nSPS) is 11.5. The van der Waals surface area contributed by atoms with E-state index in [1.54, 1.807) is 12.3 Å². The lowest BCUT2D eigenvalue weighted by molar-refractivity contribution is 1.08. The molecule has 4 heterocycles. The molecule has 0 radical (unpaired) electrons. The van der Waals surface area contributed by atoms with E-state index in [9.17, 15) is 0 Å². The minimum atomic E-state index is 0.655. The quantitative estimate of drug-likeness (QED) is 0.544. The van der Waals surface area contributed by atoms with Gasteiger partial charge in [-0.2, -0.15) is 5.10 Å². The van der Waals surface area contributed by atoms with Crippen molar-refractivity contribution in [2.24, 2.45) is 0 Å². The molecular weight excluding hydrogens is 324 g/mol. The summed E-state index contributed by atoms with van der Waals surface area (Å²) in [5.74, 6) is 0.732. The molecule has 0 atom stereocenters. The van der Waals surface area contributed by atoms with Gasteiger partial charge in [0.05, 0.1) is 11.1 Å². The monoisotopic (exact) mass is 342 g/mol. The summed E-state index contributed by atoms with van der Waals surface area (Å²) in [6.07, 6.45) is 11.0. The molecule has 128 valence electrons. The third-order valence-corrected chi connectivity index (χ3v) is 4.31. The molecule has 0 saturated carbocycles. The Morgan fingerprint density at radius 3 is 2.88 bits per heavy atom. The van der Waals surface area contributed by atoms with Gasteiger partial charge in [-0.15, -0.1) is 0 Å². The van der Waals surface area contributed by atoms with Crippen LogP contribution in [0.2, 0.25) is 0 Å². The fourth-order valence-electron chi connectivity index (χ4n) is 2.91. The minimum Gasteiger partial charge on any atom is -0.340 e. The summed E-state index contributed by atoms with van der Waals surface area (Å²) in [5, 5.41) is 8.28. The second kappa shape index (κ2) is 6.40. The maximum atomic E-state index is 4.66. The predicted molar refractivity (Wildman–Crippen MR) is 103 cm³/mol. The zero-order chi connectivity index (χ0) is 18.1. The molecule has 0 aromatic carbocycles. The highest BCUT2D eigenvalue weighted by Crippen LogP contribution is 2.29. The van der Waals surface area contributed by atoms with Crippen molar-refractivity contribution >= 4 is 17.1 Å². The second-order valence-corrected chi connectivity index (χ2v) is 6.07. The zero-order valence-corrected chi connectivity index (χ0v) is 14.6. The second-order valence-electron chi connectivity index (χ2n) is 6.07. The van der Waals surface area contributed by atoms with Gasteiger partial charge in [0.15, 0.2) is 11.5 Å². The van der Waals surface area contributed by atoms with Gasteiger partial charge in [0.25, 0.3) is 0 Å². The van der Waals surface area contributed by atoms with Crippen LogP contribution in [0.4, 0.5) is 0 Å². The van der Waals surface area contributed by atoms with Crippen molar-refractivity contribution in [2.75, 3.05) is 0 Å². The molecule has 4 rings (SSSR count). The van der Waals surface area contributed by atoms with Crippen LogP contribution in [-0.2, 0) is 0 Å². The summed E-state index contributed by atoms with van der Waals surface area (Å²) >= 11 is 0. The highest BCUT2D eigenvalue weighted by Gasteiger charge is 2.15. The van der Waals surface area contributed by atoms with Gasteiger partial charge in [-0.1, -0.05) is 18.7 Å². The Kier molecular flexibility index (Phi) is 3.93. The summed E-state index contributed by atoms with van der Waals surface area (Å²) in [5.41, 5.74) is 6.53. The number of hydrogen-bond acceptors (Lipinski definition) is 4. The topological polar surface area (TPSA) is 83.1 Å². The summed E-state index contributed by atoms with van der Waals surface area (Å²) in [4.78, 5) is 16.7. The Hall–Kier alpha value is -3.54. The van der Waals surface area contributed by atoms with E-state index in [4.69, 9.17) is 0 Å². The van der Waals surface area contributed by atoms with Gasteiger partial charge in [-0.25, -0.2) is 9.97 Å². The first-order chi connectivity index (χ1) is 12.7. The van der Waals surface area contributed by atoms with E-state index < -0.39 is 0 Å². The maximum Gasteiger partial charge on any atom is 0.181 e. The number of hydrogen-bond donors (Lipinski definition) is 2. The lowest BCUT2D eigenvalue weighted by Crippen LogP contribution is -1.87. The number of imidazole rings is 1. The molecule has 6 nitrogen and oxygen atoms in total. The molecule has 0 bridgehead atoms. The number of nitrogens with one attached hydrogen (secondary N) is 2. The molecular formula is C20H18N6. The molecule has 4 aromatic heterocycles. The Labute approximate surface area is 150 Å². The highest BCUT2D eigenvalue weighted by molar-refractivity contribution is 5.92. The van der Waals surface area contributed by atoms with Crippen molar-refractivity contribution < 1.29 is 0 Å². The van der Waals surface area contributed by atoms with Crippen molar-refractivity contribution in [3.63, 3.8) is 0 Å². The lowest BCUT2D eigenvalue weighted by atomic mass is 10.0. The van der Waals surface area contributed by atoms with Crippen molar-refractivity contribution in [2.45, 2.75) is 13.8 Å². The predicted octanol–water partition coefficient (Wildman–Crippen LogP) is 4.23. The summed E-state index contributed by atoms with van der Waals surface area (Å²) in [6.45, 7) is 7.74. The molecule has 0 amide bonds. The van der Waals surface area contributed by atoms with Gasteiger partial charge >= 0.3 is 0 Å². The molecule has 4 aromatic rings. The molecule has 0 spiro atoms. The average Bonchev–Trinajstić information content (AvgIpc) is 3.23. The summed E-state index contributed by atoms with van der Waals surface area (Å²) in [7, 11) is 0. The first-order valence-electron chi connectivity index (χ1n) is 8.28. The number of fused-ring (bicyclic) bond motifs is 1. The Bertz CT molecular complexity index is 1130. The summed E-state index contributed by atoms with van der Waals surface area (Å²) in [6, 6.07) is 4.06. The zero-order valence-electron chi connectivity index (χ0n) is 14.6. The van der Waals surface area contributed by atoms with Crippen LogP contribution in [0, 0.1) is 13.8 Å². The standard InChI is InChI=1S/C20H18N6/c1-4-5-6-17-13(3)23-20(24-17)18-15-9-14(10-22-19(15)26-25-18)16-11-21-8-7-12(16)2/h4-11H,1H2,2-3H3,(H,23,24)(H,22,25,26)/b6-5-. The third-order valence-electron chi connectivity index (χ3n) is 4.31. The largest absolute Gasteiger partial charge is 0.340 e. The Morgan fingerprint density at radius 1 is 1.19 bits per heavy atom. The Balaban J connectivity index is 1.84. The van der Waals surface area contributed by atoms with E-state index in [1.165, 1.54) is 0 Å². The molecule has 0 aliphatic carbocycles. The molecule has 6 heteroatoms. The van der Waals surface area contributed by atoms with E-state index in [-0.39, 0.29) is 0 Å². The smallest absolute Gasteiger partial charge is 0.181 e. The number of aryl methyl sites for hydroxylation is 2. The van der Waals surface area contributed by atoms with E-state index >= 15 is 0 Å². The van der Waals surface area contributed by atoms with Crippen LogP contribution >= 0.6 is 0 Å². The van der Waals surface area contributed by atoms with E-state index in [0.717, 1.165) is 45.0 Å². The van der Waals surface area contributed by atoms with Crippen molar-refractivity contribution in [1.29, 1.82) is 0 Å². The van der Waals surface area contributed by atoms with E-state index in [2.05, 4.69) is 49.7 Å². The minimum absolute atomic E-state index is 0.655. The molecule has 2 N–H and O–H groups in total. The summed E-state index contributed by atoms with van der Waals surface area (Å²) < 4.78 is 0. The molecule has 0 saturated heterocycles. The van der Waals surface area contributed by atoms with Gasteiger partial charge in [-0.3, -0.25) is 10.1 Å². The number of nitrogens with zero attached hydrogens (tertiary/aromatic N) is 4. The van der Waals surface area contributed by atoms with Gasteiger partial charge in [-0.05, 0) is 37.6 Å². The average molecular weight is 342 g/mol. The number of allylic oxidation sites excluding steroid dienone is 2. The maximum absolute atomic E-state index is 4.66. The van der Waals surface area contributed by atoms with Crippen molar-refractivity contribution in [1.82, 2.24) is 30.1 Å². The lowest BCUT2D eigenvalue weighted by Gasteiger charge is -2.04. The number of pyridine rings is 2. The van der Waals surface area contributed by atoms with Crippen molar-refractivity contribution in [3.8, 4) is 22.6 Å². The van der Waals surface area contributed by atoms with Gasteiger partial charge in [0.1, 0.15) is 5.69 Å². The Morgan fingerprint density at radius 2 is 2.08 bits per heavy atom. The van der Waals surface area contributed by atoms with Crippen molar-refractivity contribution in [3.05, 3.63) is 66.4 Å². The van der Waals surface area contributed by atoms with Crippen LogP contribution in [0.25, 0.3) is 39.8 Å². The first-order valence-corrected chi connectivity index (χ1v) is 8.28. The van der Waals surface area contributed by atoms with Gasteiger partial charge < -0.3 is 4.98 Å². The van der Waals surface area contributed by atoms with Gasteiger partial charge in [0.2, 0.25) is 0 Å². The van der Waals surface area contributed by atoms with Crippen LogP contribution in [0.1, 0.15) is 17.0 Å². The fourth-order valence-corrected chi connectivity index (χ4v) is 2.91. The highest BCUT2D eigenvalue weighted by atomic mass is 15.2. The van der Waals surface area contributed by atoms with Gasteiger partial charge in [0, 0.05) is 35.4 Å². The number of aromatic nitrogens is 6.